The highest BCUT2D eigenvalue weighted by atomic mass is 127. The summed E-state index contributed by atoms with van der Waals surface area (Å²) in [7, 11) is 0. The molecule has 1 fully saturated rings. The fraction of sp³-hybridized carbons (Fsp3) is 0.800. The standard InChI is InChI=1S/C20H36N4O2.HI/c1-5-21-20(23-14-17-13-18(15(3)4)24-26-17)22-12-11-19(25-6-2)16-9-7-8-10-16;/h13,15-16,19H,5-12,14H2,1-4H3,(H2,21,22,23);1H. The van der Waals surface area contributed by atoms with Gasteiger partial charge in [-0.15, -0.1) is 24.0 Å². The molecule has 2 N–H and O–H groups in total. The Labute approximate surface area is 181 Å². The van der Waals surface area contributed by atoms with Crippen molar-refractivity contribution >= 4 is 29.9 Å². The smallest absolute Gasteiger partial charge is 0.191 e. The van der Waals surface area contributed by atoms with E-state index in [-0.39, 0.29) is 24.0 Å². The van der Waals surface area contributed by atoms with E-state index in [1.54, 1.807) is 0 Å². The van der Waals surface area contributed by atoms with Gasteiger partial charge in [0.1, 0.15) is 6.54 Å². The summed E-state index contributed by atoms with van der Waals surface area (Å²) < 4.78 is 11.4. The first-order chi connectivity index (χ1) is 12.6. The lowest BCUT2D eigenvalue weighted by Crippen LogP contribution is -2.39. The van der Waals surface area contributed by atoms with E-state index in [9.17, 15) is 0 Å². The average Bonchev–Trinajstić information content (AvgIpc) is 3.30. The Morgan fingerprint density at radius 2 is 2.04 bits per heavy atom. The maximum absolute atomic E-state index is 6.00. The molecule has 1 aliphatic carbocycles. The van der Waals surface area contributed by atoms with Crippen LogP contribution in [-0.2, 0) is 11.3 Å². The molecule has 1 aliphatic rings. The van der Waals surface area contributed by atoms with Crippen LogP contribution in [0.2, 0.25) is 0 Å². The summed E-state index contributed by atoms with van der Waals surface area (Å²) in [6, 6.07) is 1.99. The van der Waals surface area contributed by atoms with Gasteiger partial charge >= 0.3 is 0 Å². The summed E-state index contributed by atoms with van der Waals surface area (Å²) in [6.45, 7) is 11.3. The predicted molar refractivity (Wildman–Crippen MR) is 121 cm³/mol. The molecule has 0 saturated heterocycles. The molecule has 6 nitrogen and oxygen atoms in total. The van der Waals surface area contributed by atoms with Crippen molar-refractivity contribution < 1.29 is 9.26 Å². The summed E-state index contributed by atoms with van der Waals surface area (Å²) in [4.78, 5) is 4.62. The Morgan fingerprint density at radius 1 is 1.30 bits per heavy atom. The molecule has 1 saturated carbocycles. The largest absolute Gasteiger partial charge is 0.378 e. The Kier molecular flexibility index (Phi) is 12.0. The van der Waals surface area contributed by atoms with Gasteiger partial charge in [0.25, 0.3) is 0 Å². The van der Waals surface area contributed by atoms with E-state index in [4.69, 9.17) is 9.26 Å². The molecule has 1 aromatic heterocycles. The van der Waals surface area contributed by atoms with Crippen LogP contribution in [-0.4, -0.2) is 36.9 Å². The molecule has 0 radical (unpaired) electrons. The van der Waals surface area contributed by atoms with Crippen molar-refractivity contribution in [2.45, 2.75) is 78.4 Å². The number of aromatic nitrogens is 1. The van der Waals surface area contributed by atoms with Gasteiger partial charge in [0.05, 0.1) is 11.8 Å². The van der Waals surface area contributed by atoms with Crippen LogP contribution in [0.5, 0.6) is 0 Å². The molecule has 2 rings (SSSR count). The van der Waals surface area contributed by atoms with Crippen molar-refractivity contribution in [3.8, 4) is 0 Å². The lowest BCUT2D eigenvalue weighted by molar-refractivity contribution is 0.0169. The second kappa shape index (κ2) is 13.4. The topological polar surface area (TPSA) is 71.7 Å². The van der Waals surface area contributed by atoms with Gasteiger partial charge < -0.3 is 19.9 Å². The van der Waals surface area contributed by atoms with Gasteiger partial charge in [0, 0.05) is 25.8 Å². The van der Waals surface area contributed by atoms with E-state index >= 15 is 0 Å². The fourth-order valence-electron chi connectivity index (χ4n) is 3.51. The second-order valence-electron chi connectivity index (χ2n) is 7.32. The number of aliphatic imine (C=N–C) groups is 1. The highest BCUT2D eigenvalue weighted by Gasteiger charge is 2.25. The summed E-state index contributed by atoms with van der Waals surface area (Å²) in [6.07, 6.45) is 6.69. The van der Waals surface area contributed by atoms with Crippen molar-refractivity contribution in [1.29, 1.82) is 0 Å². The summed E-state index contributed by atoms with van der Waals surface area (Å²) in [5, 5.41) is 10.8. The first-order valence-electron chi connectivity index (χ1n) is 10.2. The molecule has 1 unspecified atom stereocenters. The normalized spacial score (nSPS) is 16.4. The van der Waals surface area contributed by atoms with Crippen LogP contribution in [0.1, 0.15) is 77.2 Å². The highest BCUT2D eigenvalue weighted by molar-refractivity contribution is 14.0. The van der Waals surface area contributed by atoms with E-state index in [1.807, 2.05) is 6.07 Å². The van der Waals surface area contributed by atoms with Crippen molar-refractivity contribution in [1.82, 2.24) is 15.8 Å². The van der Waals surface area contributed by atoms with Crippen LogP contribution in [0.4, 0.5) is 0 Å². The van der Waals surface area contributed by atoms with E-state index in [1.165, 1.54) is 25.7 Å². The zero-order valence-corrected chi connectivity index (χ0v) is 19.6. The number of ether oxygens (including phenoxy) is 1. The third-order valence-corrected chi connectivity index (χ3v) is 4.93. The molecule has 1 aromatic rings. The molecule has 156 valence electrons. The molecule has 0 aliphatic heterocycles. The van der Waals surface area contributed by atoms with E-state index in [0.29, 0.717) is 18.6 Å². The number of hydrogen-bond acceptors (Lipinski definition) is 4. The third-order valence-electron chi connectivity index (χ3n) is 4.93. The number of hydrogen-bond donors (Lipinski definition) is 2. The zero-order valence-electron chi connectivity index (χ0n) is 17.3. The lowest BCUT2D eigenvalue weighted by atomic mass is 9.98. The van der Waals surface area contributed by atoms with E-state index < -0.39 is 0 Å². The van der Waals surface area contributed by atoms with Gasteiger partial charge in [-0.2, -0.15) is 0 Å². The van der Waals surface area contributed by atoms with Crippen LogP contribution in [0.25, 0.3) is 0 Å². The zero-order chi connectivity index (χ0) is 18.8. The molecular weight excluding hydrogens is 455 g/mol. The molecule has 1 atom stereocenters. The molecule has 0 bridgehead atoms. The lowest BCUT2D eigenvalue weighted by Gasteiger charge is -2.24. The predicted octanol–water partition coefficient (Wildman–Crippen LogP) is 4.46. The Balaban J connectivity index is 0.00000364. The summed E-state index contributed by atoms with van der Waals surface area (Å²) >= 11 is 0. The minimum absolute atomic E-state index is 0. The van der Waals surface area contributed by atoms with Crippen molar-refractivity contribution in [2.75, 3.05) is 19.7 Å². The van der Waals surface area contributed by atoms with Crippen molar-refractivity contribution in [3.63, 3.8) is 0 Å². The van der Waals surface area contributed by atoms with Gasteiger partial charge in [0.15, 0.2) is 11.7 Å². The van der Waals surface area contributed by atoms with Crippen LogP contribution >= 0.6 is 24.0 Å². The van der Waals surface area contributed by atoms with Gasteiger partial charge in [0.2, 0.25) is 0 Å². The van der Waals surface area contributed by atoms with Crippen LogP contribution in [0.3, 0.4) is 0 Å². The van der Waals surface area contributed by atoms with Gasteiger partial charge in [-0.25, -0.2) is 4.99 Å². The molecule has 7 heteroatoms. The Hall–Kier alpha value is -0.830. The van der Waals surface area contributed by atoms with E-state index in [0.717, 1.165) is 49.4 Å². The van der Waals surface area contributed by atoms with Crippen molar-refractivity contribution in [2.24, 2.45) is 10.9 Å². The Bertz CT molecular complexity index is 542. The van der Waals surface area contributed by atoms with Crippen LogP contribution in [0.15, 0.2) is 15.6 Å². The van der Waals surface area contributed by atoms with E-state index in [2.05, 4.69) is 48.5 Å². The summed E-state index contributed by atoms with van der Waals surface area (Å²) in [5.41, 5.74) is 0.976. The van der Waals surface area contributed by atoms with Crippen LogP contribution < -0.4 is 10.6 Å². The molecule has 0 aromatic carbocycles. The van der Waals surface area contributed by atoms with Crippen molar-refractivity contribution in [3.05, 3.63) is 17.5 Å². The molecular formula is C20H37IN4O2. The molecule has 27 heavy (non-hydrogen) atoms. The molecule has 1 heterocycles. The minimum atomic E-state index is 0. The third kappa shape index (κ3) is 8.37. The molecule has 0 spiro atoms. The highest BCUT2D eigenvalue weighted by Crippen LogP contribution is 2.30. The number of nitrogens with one attached hydrogen (secondary N) is 2. The minimum Gasteiger partial charge on any atom is -0.378 e. The monoisotopic (exact) mass is 492 g/mol. The average molecular weight is 492 g/mol. The maximum atomic E-state index is 6.00. The first kappa shape index (κ1) is 24.2. The number of halogens is 1. The SMILES string of the molecule is CCNC(=NCc1cc(C(C)C)no1)NCCC(OCC)C1CCCC1.I. The number of rotatable bonds is 10. The second-order valence-corrected chi connectivity index (χ2v) is 7.32. The first-order valence-corrected chi connectivity index (χ1v) is 10.2. The van der Waals surface area contributed by atoms with Gasteiger partial charge in [-0.3, -0.25) is 0 Å². The Morgan fingerprint density at radius 3 is 2.63 bits per heavy atom. The summed E-state index contributed by atoms with van der Waals surface area (Å²) in [5.74, 6) is 2.70. The van der Waals surface area contributed by atoms with Gasteiger partial charge in [-0.05, 0) is 44.9 Å². The fourth-order valence-corrected chi connectivity index (χ4v) is 3.51. The maximum Gasteiger partial charge on any atom is 0.191 e. The number of nitrogens with zero attached hydrogens (tertiary/aromatic N) is 2. The molecule has 0 amide bonds. The van der Waals surface area contributed by atoms with Crippen LogP contribution in [0, 0.1) is 5.92 Å². The van der Waals surface area contributed by atoms with Gasteiger partial charge in [-0.1, -0.05) is 31.8 Å². The quantitative estimate of drug-likeness (QED) is 0.287. The number of guanidine groups is 1.